The van der Waals surface area contributed by atoms with Crippen molar-refractivity contribution in [3.05, 3.63) is 130 Å². The lowest BCUT2D eigenvalue weighted by molar-refractivity contribution is -0.137. The topological polar surface area (TPSA) is 249 Å². The van der Waals surface area contributed by atoms with E-state index in [0.717, 1.165) is 68.0 Å². The van der Waals surface area contributed by atoms with Crippen LogP contribution in [0.25, 0.3) is 21.0 Å². The molecule has 0 saturated carbocycles. The van der Waals surface area contributed by atoms with Gasteiger partial charge in [-0.1, -0.05) is 76.6 Å². The van der Waals surface area contributed by atoms with E-state index >= 15 is 0 Å². The van der Waals surface area contributed by atoms with Gasteiger partial charge in [0, 0.05) is 130 Å². The van der Waals surface area contributed by atoms with E-state index in [2.05, 4.69) is 25.8 Å². The van der Waals surface area contributed by atoms with Gasteiger partial charge in [0.1, 0.15) is 30.7 Å². The van der Waals surface area contributed by atoms with Gasteiger partial charge in [0.15, 0.2) is 11.5 Å². The number of hydrogen-bond acceptors (Lipinski definition) is 14. The lowest BCUT2D eigenvalue weighted by atomic mass is 9.92. The number of fused-ring (bicyclic) bond motifs is 4. The third-order valence-corrected chi connectivity index (χ3v) is 18.6. The summed E-state index contributed by atoms with van der Waals surface area (Å²) in [6.07, 6.45) is 5.60. The van der Waals surface area contributed by atoms with E-state index in [1.807, 2.05) is 94.6 Å². The molecule has 8 amide bonds. The number of likely N-dealkylation sites (tertiary alicyclic amines) is 1. The summed E-state index contributed by atoms with van der Waals surface area (Å²) in [5.74, 6) is -1.36. The Hall–Kier alpha value is -8.60. The number of unbranched alkanes of at least 4 members (excludes halogenated alkanes) is 2. The molecule has 9 rings (SSSR count). The Morgan fingerprint density at radius 2 is 1.50 bits per heavy atom. The molecule has 0 aliphatic carbocycles. The van der Waals surface area contributed by atoms with Crippen LogP contribution in [0.5, 0.6) is 11.5 Å². The number of halogens is 1. The van der Waals surface area contributed by atoms with Gasteiger partial charge >= 0.3 is 12.2 Å². The molecule has 2 aromatic heterocycles. The molecule has 0 spiro atoms. The first kappa shape index (κ1) is 69.7. The van der Waals surface area contributed by atoms with Gasteiger partial charge in [0.05, 0.1) is 16.4 Å². The Bertz CT molecular complexity index is 3750. The van der Waals surface area contributed by atoms with Gasteiger partial charge < -0.3 is 49.8 Å². The number of alkyl halides is 1. The van der Waals surface area contributed by atoms with E-state index in [4.69, 9.17) is 25.8 Å². The summed E-state index contributed by atoms with van der Waals surface area (Å²) in [6.45, 7) is 14.3. The predicted octanol–water partition coefficient (Wildman–Crippen LogP) is 10.9. The zero-order chi connectivity index (χ0) is 67.2. The minimum absolute atomic E-state index is 0.0119. The number of thiophene rings is 1. The number of H-pyrrole nitrogens is 1. The Morgan fingerprint density at radius 1 is 0.787 bits per heavy atom. The molecule has 23 heteroatoms. The molecule has 3 aliphatic heterocycles. The summed E-state index contributed by atoms with van der Waals surface area (Å²) in [4.78, 5) is 131. The molecule has 500 valence electrons. The molecular weight excluding hydrogens is 1240 g/mol. The number of nitrogens with one attached hydrogen (secondary N) is 4. The second-order valence-electron chi connectivity index (χ2n) is 26.0. The molecule has 94 heavy (non-hydrogen) atoms. The molecule has 3 aliphatic rings. The molecule has 5 heterocycles. The zero-order valence-corrected chi connectivity index (χ0v) is 56.3. The number of rotatable bonds is 31. The summed E-state index contributed by atoms with van der Waals surface area (Å²) in [5, 5.41) is 12.3. The van der Waals surface area contributed by atoms with E-state index in [0.29, 0.717) is 67.2 Å². The van der Waals surface area contributed by atoms with E-state index in [1.54, 1.807) is 49.3 Å². The van der Waals surface area contributed by atoms with Crippen molar-refractivity contribution < 1.29 is 57.4 Å². The summed E-state index contributed by atoms with van der Waals surface area (Å²) in [7, 11) is 3.25. The van der Waals surface area contributed by atoms with E-state index in [9.17, 15) is 43.2 Å². The number of anilines is 2. The van der Waals surface area contributed by atoms with Gasteiger partial charge in [-0.3, -0.25) is 43.4 Å². The Kier molecular flexibility index (Phi) is 23.8. The van der Waals surface area contributed by atoms with Crippen molar-refractivity contribution in [2.45, 2.75) is 123 Å². The van der Waals surface area contributed by atoms with Crippen LogP contribution in [0.3, 0.4) is 0 Å². The third-order valence-electron chi connectivity index (χ3n) is 17.1. The van der Waals surface area contributed by atoms with Gasteiger partial charge in [-0.2, -0.15) is 0 Å². The van der Waals surface area contributed by atoms with Crippen LogP contribution in [0.2, 0.25) is 0 Å². The lowest BCUT2D eigenvalue weighted by Crippen LogP contribution is -2.52. The molecule has 0 bridgehead atoms. The van der Waals surface area contributed by atoms with Crippen molar-refractivity contribution in [2.24, 2.45) is 11.3 Å². The van der Waals surface area contributed by atoms with E-state index in [1.165, 1.54) is 46.1 Å². The standard InChI is InChI=1S/C71H86ClN9O12S/c1-45(2)34-54(76-67(87)55(35-47-16-10-8-11-17-47)75-60(83)18-12-9-13-31-80-62(85)27-28-63(80)86)58(82)25-26-61(84)73-51-21-19-48(20-22-51)41-92-69(89)77(6)43-71(4,5)44-78(7)70(90)93-59-38-57-65(64-46(3)42-94-66(59)64)50(39-72)40-81(57)68(88)56-37-49-36-52(23-24-53(49)74-56)91-33-32-79-29-14-15-30-79/h8,10-11,16-17,19-24,27-28,36-38,42,45,50,54-55,74H,9,12-15,18,25-26,29-35,39-41,43-44H2,1-7H3,(H,73,84)(H,75,83)(H,76,87)/t50-,54+,55+/m1/s1. The van der Waals surface area contributed by atoms with Crippen LogP contribution >= 0.6 is 22.9 Å². The maximum Gasteiger partial charge on any atom is 0.415 e. The van der Waals surface area contributed by atoms with Crippen molar-refractivity contribution in [3.8, 4) is 11.5 Å². The number of Topliss-reactive ketones (excluding diaryl/α,β-unsaturated/α-hetero) is 1. The van der Waals surface area contributed by atoms with Crippen LogP contribution in [0.1, 0.15) is 124 Å². The molecule has 1 saturated heterocycles. The zero-order valence-electron chi connectivity index (χ0n) is 54.7. The van der Waals surface area contributed by atoms with Gasteiger partial charge in [0.25, 0.3) is 17.7 Å². The number of imide groups is 1. The predicted molar refractivity (Wildman–Crippen MR) is 364 cm³/mol. The molecule has 0 radical (unpaired) electrons. The normalized spacial score (nSPS) is 15.4. The number of benzene rings is 4. The van der Waals surface area contributed by atoms with Crippen LogP contribution in [-0.4, -0.2) is 162 Å². The quantitative estimate of drug-likeness (QED) is 0.0180. The summed E-state index contributed by atoms with van der Waals surface area (Å²) < 4.78 is 18.8. The van der Waals surface area contributed by atoms with Crippen molar-refractivity contribution >= 4 is 109 Å². The van der Waals surface area contributed by atoms with E-state index < -0.39 is 41.5 Å². The molecule has 3 atom stereocenters. The molecule has 4 aromatic carbocycles. The summed E-state index contributed by atoms with van der Waals surface area (Å²) in [5.41, 5.74) is 5.07. The van der Waals surface area contributed by atoms with Crippen LogP contribution in [0.15, 0.2) is 102 Å². The average Bonchev–Trinajstić information content (AvgIpc) is 1.57. The minimum Gasteiger partial charge on any atom is -0.492 e. The number of ketones is 1. The number of hydrogen-bond donors (Lipinski definition) is 4. The van der Waals surface area contributed by atoms with Crippen molar-refractivity contribution in [1.29, 1.82) is 0 Å². The number of aromatic amines is 1. The Labute approximate surface area is 557 Å². The average molecular weight is 1330 g/mol. The first-order chi connectivity index (χ1) is 45.0. The second-order valence-corrected chi connectivity index (χ2v) is 27.2. The molecular formula is C71H86ClN9O12S. The number of carbonyl (C=O) groups is 9. The van der Waals surface area contributed by atoms with Gasteiger partial charge in [-0.05, 0) is 122 Å². The number of aryl methyl sites for hydroxylation is 1. The Morgan fingerprint density at radius 3 is 2.20 bits per heavy atom. The fourth-order valence-corrected chi connectivity index (χ4v) is 13.8. The molecule has 0 unspecified atom stereocenters. The monoisotopic (exact) mass is 1320 g/mol. The molecule has 1 fully saturated rings. The fourth-order valence-electron chi connectivity index (χ4n) is 12.5. The second kappa shape index (κ2) is 32.0. The minimum atomic E-state index is -0.986. The lowest BCUT2D eigenvalue weighted by Gasteiger charge is -2.33. The first-order valence-electron chi connectivity index (χ1n) is 32.3. The number of amides is 8. The van der Waals surface area contributed by atoms with Crippen LogP contribution in [0.4, 0.5) is 21.0 Å². The maximum atomic E-state index is 14.5. The largest absolute Gasteiger partial charge is 0.492 e. The van der Waals surface area contributed by atoms with Crippen molar-refractivity contribution in [3.63, 3.8) is 0 Å². The van der Waals surface area contributed by atoms with Gasteiger partial charge in [0.2, 0.25) is 17.7 Å². The summed E-state index contributed by atoms with van der Waals surface area (Å²) in [6, 6.07) is 23.4. The SMILES string of the molecule is Cc1csc2c(OC(=O)N(C)CC(C)(C)CN(C)C(=O)OCc3ccc(NC(=O)CCC(=O)[C@H](CC(C)C)NC(=O)[C@H](Cc4ccccc4)NC(=O)CCCCCN4C(=O)C=CC4=O)cc3)cc3c(c12)[C@H](CCl)CN3C(=O)c1cc2cc(OCCN3CCCC3)ccc2[nH]1. The van der Waals surface area contributed by atoms with E-state index in [-0.39, 0.29) is 99.1 Å². The highest BCUT2D eigenvalue weighted by atomic mass is 35.5. The Balaban J connectivity index is 0.725. The van der Waals surface area contributed by atoms with Crippen molar-refractivity contribution in [2.75, 3.05) is 82.6 Å². The number of ether oxygens (including phenoxy) is 3. The smallest absolute Gasteiger partial charge is 0.415 e. The van der Waals surface area contributed by atoms with Crippen LogP contribution < -0.4 is 30.3 Å². The number of aromatic nitrogens is 1. The maximum absolute atomic E-state index is 14.5. The number of carbonyl (C=O) groups excluding carboxylic acids is 9. The fraction of sp³-hybridized carbons (Fsp3) is 0.451. The molecule has 6 aromatic rings. The third kappa shape index (κ3) is 18.4. The van der Waals surface area contributed by atoms with Crippen molar-refractivity contribution in [1.82, 2.24) is 35.2 Å². The van der Waals surface area contributed by atoms with Gasteiger partial charge in [-0.15, -0.1) is 22.9 Å². The number of nitrogens with zero attached hydrogens (tertiary/aromatic N) is 5. The van der Waals surface area contributed by atoms with Crippen LogP contribution in [-0.2, 0) is 46.5 Å². The van der Waals surface area contributed by atoms with Crippen LogP contribution in [0, 0.1) is 18.3 Å². The van der Waals surface area contributed by atoms with Gasteiger partial charge in [-0.25, -0.2) is 9.59 Å². The first-order valence-corrected chi connectivity index (χ1v) is 33.7. The highest BCUT2D eigenvalue weighted by Crippen LogP contribution is 2.49. The molecule has 21 nitrogen and oxygen atoms in total. The molecule has 4 N–H and O–H groups in total. The summed E-state index contributed by atoms with van der Waals surface area (Å²) >= 11 is 8.10. The highest BCUT2D eigenvalue weighted by molar-refractivity contribution is 7.17. The highest BCUT2D eigenvalue weighted by Gasteiger charge is 2.38.